The summed E-state index contributed by atoms with van der Waals surface area (Å²) >= 11 is 6.35. The molecule has 0 N–H and O–H groups in total. The van der Waals surface area contributed by atoms with Crippen molar-refractivity contribution >= 4 is 22.6 Å². The first-order valence-corrected chi connectivity index (χ1v) is 8.24. The lowest BCUT2D eigenvalue weighted by Crippen LogP contribution is -2.32. The van der Waals surface area contributed by atoms with Gasteiger partial charge in [0.15, 0.2) is 0 Å². The first kappa shape index (κ1) is 16.1. The third-order valence-electron chi connectivity index (χ3n) is 4.34. The lowest BCUT2D eigenvalue weighted by molar-refractivity contribution is 0.0890. The molecule has 0 atom stereocenters. The minimum atomic E-state index is -0.398. The van der Waals surface area contributed by atoms with E-state index in [4.69, 9.17) is 20.8 Å². The van der Waals surface area contributed by atoms with Gasteiger partial charge in [-0.05, 0) is 36.2 Å². The number of benzene rings is 2. The molecule has 0 spiro atoms. The molecule has 3 aromatic rings. The third kappa shape index (κ3) is 3.01. The first-order valence-electron chi connectivity index (χ1n) is 7.86. The molecular formula is C19H15ClFNO3. The van der Waals surface area contributed by atoms with Gasteiger partial charge in [-0.1, -0.05) is 23.7 Å². The van der Waals surface area contributed by atoms with Crippen molar-refractivity contribution in [2.24, 2.45) is 0 Å². The predicted octanol–water partition coefficient (Wildman–Crippen LogP) is 4.25. The predicted molar refractivity (Wildman–Crippen MR) is 93.4 cm³/mol. The van der Waals surface area contributed by atoms with Crippen molar-refractivity contribution < 1.29 is 13.5 Å². The molecular weight excluding hydrogens is 345 g/mol. The van der Waals surface area contributed by atoms with Crippen LogP contribution in [0.3, 0.4) is 0 Å². The summed E-state index contributed by atoms with van der Waals surface area (Å²) < 4.78 is 24.3. The molecule has 1 aliphatic rings. The highest BCUT2D eigenvalue weighted by atomic mass is 35.5. The van der Waals surface area contributed by atoms with E-state index < -0.39 is 5.63 Å². The summed E-state index contributed by atoms with van der Waals surface area (Å²) in [5, 5.41) is 1.30. The number of halogens is 2. The zero-order valence-electron chi connectivity index (χ0n) is 13.5. The second kappa shape index (κ2) is 6.17. The molecule has 0 saturated carbocycles. The van der Waals surface area contributed by atoms with E-state index in [1.165, 1.54) is 18.2 Å². The molecule has 2 aromatic carbocycles. The summed E-state index contributed by atoms with van der Waals surface area (Å²) in [5.41, 5.74) is 2.65. The molecule has 2 heterocycles. The summed E-state index contributed by atoms with van der Waals surface area (Å²) in [7, 11) is 0. The van der Waals surface area contributed by atoms with E-state index in [0.717, 1.165) is 22.1 Å². The molecule has 1 aromatic heterocycles. The Hall–Kier alpha value is -2.37. The van der Waals surface area contributed by atoms with Crippen LogP contribution in [0.2, 0.25) is 5.02 Å². The van der Waals surface area contributed by atoms with Crippen LogP contribution in [-0.4, -0.2) is 11.6 Å². The highest BCUT2D eigenvalue weighted by Crippen LogP contribution is 2.39. The van der Waals surface area contributed by atoms with Gasteiger partial charge in [0.05, 0.1) is 10.6 Å². The molecule has 0 radical (unpaired) electrons. The van der Waals surface area contributed by atoms with E-state index in [9.17, 15) is 9.18 Å². The normalized spacial score (nSPS) is 14.4. The van der Waals surface area contributed by atoms with E-state index >= 15 is 0 Å². The number of hydrogen-bond donors (Lipinski definition) is 0. The topological polar surface area (TPSA) is 42.7 Å². The van der Waals surface area contributed by atoms with Crippen molar-refractivity contribution in [3.8, 4) is 5.75 Å². The van der Waals surface area contributed by atoms with Gasteiger partial charge in [0, 0.05) is 24.5 Å². The highest BCUT2D eigenvalue weighted by Gasteiger charge is 2.24. The number of aryl methyl sites for hydroxylation is 1. The Balaban J connectivity index is 1.74. The maximum absolute atomic E-state index is 13.1. The number of fused-ring (bicyclic) bond motifs is 3. The first-order chi connectivity index (χ1) is 12.0. The zero-order chi connectivity index (χ0) is 17.6. The Morgan fingerprint density at radius 2 is 2.00 bits per heavy atom. The van der Waals surface area contributed by atoms with Crippen LogP contribution < -0.4 is 10.4 Å². The molecule has 4 rings (SSSR count). The van der Waals surface area contributed by atoms with E-state index in [1.807, 2.05) is 11.8 Å². The molecule has 4 nitrogen and oxygen atoms in total. The molecule has 128 valence electrons. The smallest absolute Gasteiger partial charge is 0.336 e. The largest absolute Gasteiger partial charge is 0.476 e. The second-order valence-corrected chi connectivity index (χ2v) is 6.59. The van der Waals surface area contributed by atoms with Crippen molar-refractivity contribution in [2.45, 2.75) is 20.0 Å². The number of ether oxygens (including phenoxy) is 1. The van der Waals surface area contributed by atoms with Gasteiger partial charge in [0.25, 0.3) is 0 Å². The van der Waals surface area contributed by atoms with Crippen molar-refractivity contribution in [2.75, 3.05) is 6.73 Å². The fourth-order valence-electron chi connectivity index (χ4n) is 3.14. The number of hydrogen-bond acceptors (Lipinski definition) is 4. The maximum Gasteiger partial charge on any atom is 0.336 e. The molecule has 0 fully saturated rings. The van der Waals surface area contributed by atoms with Crippen LogP contribution in [0.25, 0.3) is 11.0 Å². The SMILES string of the molecule is Cc1cc(=O)oc2c3c(c(Cl)cc12)OCN(Cc1ccc(F)cc1)C3. The average molecular weight is 360 g/mol. The monoisotopic (exact) mass is 359 g/mol. The summed E-state index contributed by atoms with van der Waals surface area (Å²) in [6.07, 6.45) is 0. The zero-order valence-corrected chi connectivity index (χ0v) is 14.3. The molecule has 0 amide bonds. The Morgan fingerprint density at radius 3 is 2.76 bits per heavy atom. The lowest BCUT2D eigenvalue weighted by atomic mass is 10.0. The van der Waals surface area contributed by atoms with E-state index in [1.54, 1.807) is 18.2 Å². The van der Waals surface area contributed by atoms with Crippen LogP contribution >= 0.6 is 11.6 Å². The Morgan fingerprint density at radius 1 is 1.24 bits per heavy atom. The highest BCUT2D eigenvalue weighted by molar-refractivity contribution is 6.33. The molecule has 25 heavy (non-hydrogen) atoms. The van der Waals surface area contributed by atoms with Gasteiger partial charge in [0.2, 0.25) is 0 Å². The summed E-state index contributed by atoms with van der Waals surface area (Å²) in [5.74, 6) is 0.289. The fraction of sp³-hybridized carbons (Fsp3) is 0.211. The third-order valence-corrected chi connectivity index (χ3v) is 4.62. The summed E-state index contributed by atoms with van der Waals surface area (Å²) in [6, 6.07) is 9.57. The minimum absolute atomic E-state index is 0.265. The maximum atomic E-state index is 13.1. The molecule has 6 heteroatoms. The molecule has 0 bridgehead atoms. The van der Waals surface area contributed by atoms with E-state index in [2.05, 4.69) is 0 Å². The van der Waals surface area contributed by atoms with Gasteiger partial charge in [-0.25, -0.2) is 9.18 Å². The van der Waals surface area contributed by atoms with Crippen LogP contribution in [0.4, 0.5) is 4.39 Å². The van der Waals surface area contributed by atoms with Gasteiger partial charge in [-0.3, -0.25) is 4.90 Å². The van der Waals surface area contributed by atoms with Crippen molar-refractivity contribution in [1.29, 1.82) is 0 Å². The molecule has 0 saturated heterocycles. The number of rotatable bonds is 2. The van der Waals surface area contributed by atoms with Gasteiger partial charge in [0.1, 0.15) is 23.9 Å². The van der Waals surface area contributed by atoms with Crippen molar-refractivity contribution in [3.63, 3.8) is 0 Å². The molecule has 0 unspecified atom stereocenters. The quantitative estimate of drug-likeness (QED) is 0.642. The van der Waals surface area contributed by atoms with Crippen molar-refractivity contribution in [1.82, 2.24) is 4.90 Å². The summed E-state index contributed by atoms with van der Waals surface area (Å²) in [6.45, 7) is 3.31. The van der Waals surface area contributed by atoms with Crippen LogP contribution in [0.1, 0.15) is 16.7 Å². The van der Waals surface area contributed by atoms with E-state index in [-0.39, 0.29) is 5.82 Å². The molecule has 1 aliphatic heterocycles. The molecule has 0 aliphatic carbocycles. The van der Waals surface area contributed by atoms with Crippen LogP contribution in [0, 0.1) is 12.7 Å². The Labute approximate surface area is 148 Å². The van der Waals surface area contributed by atoms with Gasteiger partial charge < -0.3 is 9.15 Å². The Kier molecular flexibility index (Phi) is 3.98. The van der Waals surface area contributed by atoms with Gasteiger partial charge >= 0.3 is 5.63 Å². The van der Waals surface area contributed by atoms with Crippen LogP contribution in [0.5, 0.6) is 5.75 Å². The summed E-state index contributed by atoms with van der Waals surface area (Å²) in [4.78, 5) is 13.8. The van der Waals surface area contributed by atoms with E-state index in [0.29, 0.717) is 36.2 Å². The minimum Gasteiger partial charge on any atom is -0.476 e. The van der Waals surface area contributed by atoms with Crippen LogP contribution in [-0.2, 0) is 13.1 Å². The van der Waals surface area contributed by atoms with Gasteiger partial charge in [-0.2, -0.15) is 0 Å². The fourth-order valence-corrected chi connectivity index (χ4v) is 3.41. The lowest BCUT2D eigenvalue weighted by Gasteiger charge is -2.30. The van der Waals surface area contributed by atoms with Crippen LogP contribution in [0.15, 0.2) is 45.6 Å². The average Bonchev–Trinajstić information content (AvgIpc) is 2.58. The Bertz CT molecular complexity index is 1010. The van der Waals surface area contributed by atoms with Gasteiger partial charge in [-0.15, -0.1) is 0 Å². The number of nitrogens with zero attached hydrogens (tertiary/aromatic N) is 1. The van der Waals surface area contributed by atoms with Crippen molar-refractivity contribution in [3.05, 3.63) is 74.3 Å². The second-order valence-electron chi connectivity index (χ2n) is 6.18. The standard InChI is InChI=1S/C19H15ClFNO3/c1-11-6-17(23)25-18-14(11)7-16(20)19-15(18)9-22(10-24-19)8-12-2-4-13(21)5-3-12/h2-7H,8-10H2,1H3.